The SMILES string of the molecule is CN(C)C(=O)C(OC(=O)c1ccccc1CSc1nc2ccccc2o1)c1ccccc1. The summed E-state index contributed by atoms with van der Waals surface area (Å²) in [6.45, 7) is 0. The van der Waals surface area contributed by atoms with E-state index in [4.69, 9.17) is 9.15 Å². The van der Waals surface area contributed by atoms with Crippen LogP contribution in [0.15, 0.2) is 88.5 Å². The first-order valence-corrected chi connectivity index (χ1v) is 11.0. The van der Waals surface area contributed by atoms with E-state index < -0.39 is 12.1 Å². The molecule has 162 valence electrons. The number of esters is 1. The van der Waals surface area contributed by atoms with Gasteiger partial charge in [-0.15, -0.1) is 0 Å². The monoisotopic (exact) mass is 446 g/mol. The van der Waals surface area contributed by atoms with Gasteiger partial charge in [0, 0.05) is 25.4 Å². The lowest BCUT2D eigenvalue weighted by atomic mass is 10.1. The third-order valence-corrected chi connectivity index (χ3v) is 5.73. The number of thioether (sulfide) groups is 1. The fraction of sp³-hybridized carbons (Fsp3) is 0.160. The first kappa shape index (κ1) is 21.6. The molecule has 4 rings (SSSR count). The number of nitrogens with zero attached hydrogens (tertiary/aromatic N) is 2. The quantitative estimate of drug-likeness (QED) is 0.290. The van der Waals surface area contributed by atoms with Crippen LogP contribution in [0.3, 0.4) is 0 Å². The van der Waals surface area contributed by atoms with E-state index in [0.717, 1.165) is 16.7 Å². The summed E-state index contributed by atoms with van der Waals surface area (Å²) in [6.07, 6.45) is -1.02. The van der Waals surface area contributed by atoms with Crippen molar-refractivity contribution in [3.8, 4) is 0 Å². The summed E-state index contributed by atoms with van der Waals surface area (Å²) in [7, 11) is 3.27. The lowest BCUT2D eigenvalue weighted by Gasteiger charge is -2.21. The van der Waals surface area contributed by atoms with Crippen LogP contribution < -0.4 is 0 Å². The average molecular weight is 447 g/mol. The van der Waals surface area contributed by atoms with Crippen molar-refractivity contribution >= 4 is 34.7 Å². The Bertz CT molecular complexity index is 1200. The number of carbonyl (C=O) groups excluding carboxylic acids is 2. The van der Waals surface area contributed by atoms with Crippen molar-refractivity contribution in [2.75, 3.05) is 14.1 Å². The molecule has 0 saturated carbocycles. The van der Waals surface area contributed by atoms with E-state index in [1.807, 2.05) is 54.6 Å². The third-order valence-electron chi connectivity index (χ3n) is 4.85. The predicted molar refractivity (Wildman–Crippen MR) is 123 cm³/mol. The third kappa shape index (κ3) is 4.84. The fourth-order valence-electron chi connectivity index (χ4n) is 3.19. The molecule has 32 heavy (non-hydrogen) atoms. The molecule has 1 atom stereocenters. The van der Waals surface area contributed by atoms with Crippen molar-refractivity contribution in [1.29, 1.82) is 0 Å². The van der Waals surface area contributed by atoms with Crippen molar-refractivity contribution in [1.82, 2.24) is 9.88 Å². The van der Waals surface area contributed by atoms with E-state index in [0.29, 0.717) is 22.1 Å². The van der Waals surface area contributed by atoms with Crippen molar-refractivity contribution in [2.24, 2.45) is 0 Å². The van der Waals surface area contributed by atoms with Crippen molar-refractivity contribution in [2.45, 2.75) is 17.1 Å². The summed E-state index contributed by atoms with van der Waals surface area (Å²) in [5.41, 5.74) is 3.31. The molecular weight excluding hydrogens is 424 g/mol. The molecular formula is C25H22N2O4S. The number of likely N-dealkylation sites (N-methyl/N-ethyl adjacent to an activating group) is 1. The van der Waals surface area contributed by atoms with Crippen LogP contribution in [0, 0.1) is 0 Å². The molecule has 0 N–H and O–H groups in total. The summed E-state index contributed by atoms with van der Waals surface area (Å²) in [6, 6.07) is 23.8. The molecule has 0 fully saturated rings. The number of oxazole rings is 1. The molecule has 6 nitrogen and oxygen atoms in total. The van der Waals surface area contributed by atoms with Crippen LogP contribution in [-0.2, 0) is 15.3 Å². The largest absolute Gasteiger partial charge is 0.444 e. The summed E-state index contributed by atoms with van der Waals surface area (Å²) >= 11 is 1.40. The molecule has 1 unspecified atom stereocenters. The number of aromatic nitrogens is 1. The molecule has 0 spiro atoms. The Morgan fingerprint density at radius 3 is 2.41 bits per heavy atom. The first-order valence-electron chi connectivity index (χ1n) is 10.1. The van der Waals surface area contributed by atoms with Gasteiger partial charge in [-0.05, 0) is 23.8 Å². The van der Waals surface area contributed by atoms with Gasteiger partial charge in [-0.25, -0.2) is 9.78 Å². The van der Waals surface area contributed by atoms with Gasteiger partial charge in [-0.3, -0.25) is 4.79 Å². The molecule has 1 heterocycles. The Kier molecular flexibility index (Phi) is 6.56. The highest BCUT2D eigenvalue weighted by molar-refractivity contribution is 7.98. The van der Waals surface area contributed by atoms with Crippen LogP contribution in [-0.4, -0.2) is 35.9 Å². The van der Waals surface area contributed by atoms with Gasteiger partial charge in [0.1, 0.15) is 5.52 Å². The zero-order chi connectivity index (χ0) is 22.5. The predicted octanol–water partition coefficient (Wildman–Crippen LogP) is 5.11. The normalized spacial score (nSPS) is 11.8. The van der Waals surface area contributed by atoms with E-state index >= 15 is 0 Å². The minimum Gasteiger partial charge on any atom is -0.444 e. The zero-order valence-electron chi connectivity index (χ0n) is 17.7. The highest BCUT2D eigenvalue weighted by atomic mass is 32.2. The Morgan fingerprint density at radius 2 is 1.66 bits per heavy atom. The van der Waals surface area contributed by atoms with E-state index in [-0.39, 0.29) is 5.91 Å². The van der Waals surface area contributed by atoms with Crippen molar-refractivity contribution < 1.29 is 18.7 Å². The molecule has 4 aromatic rings. The maximum Gasteiger partial charge on any atom is 0.339 e. The summed E-state index contributed by atoms with van der Waals surface area (Å²) in [4.78, 5) is 31.7. The molecule has 0 bridgehead atoms. The van der Waals surface area contributed by atoms with Gasteiger partial charge >= 0.3 is 5.97 Å². The number of benzene rings is 3. The molecule has 1 amide bonds. The standard InChI is InChI=1S/C25H22N2O4S/c1-27(2)23(28)22(17-10-4-3-5-11-17)31-24(29)19-13-7-6-12-18(19)16-32-25-26-20-14-8-9-15-21(20)30-25/h3-15,22H,16H2,1-2H3. The number of ether oxygens (including phenoxy) is 1. The maximum absolute atomic E-state index is 13.1. The molecule has 0 radical (unpaired) electrons. The maximum atomic E-state index is 13.1. The van der Waals surface area contributed by atoms with Crippen LogP contribution in [0.5, 0.6) is 0 Å². The van der Waals surface area contributed by atoms with Gasteiger partial charge in [0.2, 0.25) is 6.10 Å². The van der Waals surface area contributed by atoms with Gasteiger partial charge in [0.05, 0.1) is 5.56 Å². The highest BCUT2D eigenvalue weighted by Gasteiger charge is 2.27. The Hall–Kier alpha value is -3.58. The van der Waals surface area contributed by atoms with E-state index in [9.17, 15) is 9.59 Å². The van der Waals surface area contributed by atoms with Gasteiger partial charge in [-0.1, -0.05) is 72.4 Å². The van der Waals surface area contributed by atoms with Crippen LogP contribution >= 0.6 is 11.8 Å². The zero-order valence-corrected chi connectivity index (χ0v) is 18.5. The Morgan fingerprint density at radius 1 is 0.969 bits per heavy atom. The fourth-order valence-corrected chi connectivity index (χ4v) is 4.03. The summed E-state index contributed by atoms with van der Waals surface area (Å²) in [5.74, 6) is -0.388. The van der Waals surface area contributed by atoms with Gasteiger partial charge in [0.15, 0.2) is 5.58 Å². The second-order valence-electron chi connectivity index (χ2n) is 7.32. The van der Waals surface area contributed by atoms with Crippen LogP contribution in [0.2, 0.25) is 0 Å². The minimum atomic E-state index is -1.02. The molecule has 3 aromatic carbocycles. The summed E-state index contributed by atoms with van der Waals surface area (Å²) < 4.78 is 11.5. The number of para-hydroxylation sites is 2. The number of amides is 1. The van der Waals surface area contributed by atoms with Gasteiger partial charge in [-0.2, -0.15) is 0 Å². The van der Waals surface area contributed by atoms with Crippen LogP contribution in [0.1, 0.15) is 27.6 Å². The van der Waals surface area contributed by atoms with E-state index in [1.54, 1.807) is 38.4 Å². The number of rotatable bonds is 7. The lowest BCUT2D eigenvalue weighted by Crippen LogP contribution is -2.31. The van der Waals surface area contributed by atoms with E-state index in [2.05, 4.69) is 4.98 Å². The van der Waals surface area contributed by atoms with Gasteiger partial charge in [0.25, 0.3) is 11.1 Å². The summed E-state index contributed by atoms with van der Waals surface area (Å²) in [5, 5.41) is 0.527. The second kappa shape index (κ2) is 9.70. The second-order valence-corrected chi connectivity index (χ2v) is 8.25. The van der Waals surface area contributed by atoms with Crippen LogP contribution in [0.25, 0.3) is 11.1 Å². The molecule has 0 aliphatic heterocycles. The smallest absolute Gasteiger partial charge is 0.339 e. The van der Waals surface area contributed by atoms with Crippen molar-refractivity contribution in [3.05, 3.63) is 95.6 Å². The van der Waals surface area contributed by atoms with Crippen LogP contribution in [0.4, 0.5) is 0 Å². The lowest BCUT2D eigenvalue weighted by molar-refractivity contribution is -0.138. The minimum absolute atomic E-state index is 0.303. The molecule has 0 aliphatic rings. The highest BCUT2D eigenvalue weighted by Crippen LogP contribution is 2.28. The number of hydrogen-bond acceptors (Lipinski definition) is 6. The molecule has 0 saturated heterocycles. The van der Waals surface area contributed by atoms with E-state index in [1.165, 1.54) is 16.7 Å². The molecule has 0 aliphatic carbocycles. The molecule has 1 aromatic heterocycles. The number of carbonyl (C=O) groups is 2. The Balaban J connectivity index is 1.53. The van der Waals surface area contributed by atoms with Crippen molar-refractivity contribution in [3.63, 3.8) is 0 Å². The number of fused-ring (bicyclic) bond motifs is 1. The van der Waals surface area contributed by atoms with Gasteiger partial charge < -0.3 is 14.1 Å². The topological polar surface area (TPSA) is 72.6 Å². The number of hydrogen-bond donors (Lipinski definition) is 0. The Labute approximate surface area is 190 Å². The first-order chi connectivity index (χ1) is 15.5. The average Bonchev–Trinajstić information content (AvgIpc) is 3.24. The molecule has 7 heteroatoms.